The molecule has 0 bridgehead atoms. The van der Waals surface area contributed by atoms with Gasteiger partial charge in [0, 0.05) is 12.0 Å². The third-order valence-corrected chi connectivity index (χ3v) is 4.03. The Morgan fingerprint density at radius 1 is 1.18 bits per heavy atom. The normalized spacial score (nSPS) is 22.1. The molecule has 2 N–H and O–H groups in total. The zero-order chi connectivity index (χ0) is 11.7. The van der Waals surface area contributed by atoms with Gasteiger partial charge in [0.05, 0.1) is 24.9 Å². The first-order valence-electron chi connectivity index (χ1n) is 6.80. The van der Waals surface area contributed by atoms with Crippen molar-refractivity contribution in [3.63, 3.8) is 0 Å². The molecule has 0 aromatic carbocycles. The first-order valence-corrected chi connectivity index (χ1v) is 6.80. The van der Waals surface area contributed by atoms with Crippen molar-refractivity contribution in [2.24, 2.45) is 0 Å². The van der Waals surface area contributed by atoms with E-state index in [1.807, 2.05) is 0 Å². The highest BCUT2D eigenvalue weighted by atomic mass is 16.5. The van der Waals surface area contributed by atoms with Gasteiger partial charge in [0.1, 0.15) is 5.82 Å². The summed E-state index contributed by atoms with van der Waals surface area (Å²) in [5.41, 5.74) is 8.53. The Hall–Kier alpha value is -1.03. The van der Waals surface area contributed by atoms with Crippen LogP contribution in [0.1, 0.15) is 55.8 Å². The summed E-state index contributed by atoms with van der Waals surface area (Å²) in [5.74, 6) is 0.853. The highest BCUT2D eigenvalue weighted by Gasteiger charge is 2.23. The van der Waals surface area contributed by atoms with E-state index in [0.717, 1.165) is 30.1 Å². The van der Waals surface area contributed by atoms with Crippen molar-refractivity contribution >= 4 is 5.82 Å². The molecule has 0 atom stereocenters. The minimum Gasteiger partial charge on any atom is -0.384 e. The van der Waals surface area contributed by atoms with Crippen LogP contribution in [0.4, 0.5) is 5.82 Å². The fourth-order valence-electron chi connectivity index (χ4n) is 3.01. The molecule has 3 rings (SSSR count). The summed E-state index contributed by atoms with van der Waals surface area (Å²) in [7, 11) is 0. The van der Waals surface area contributed by atoms with Crippen LogP contribution in [0, 0.1) is 0 Å². The molecule has 1 aliphatic carbocycles. The number of nitrogens with zero attached hydrogens (tertiary/aromatic N) is 2. The molecule has 0 radical (unpaired) electrons. The Morgan fingerprint density at radius 2 is 1.94 bits per heavy atom. The molecule has 4 nitrogen and oxygen atoms in total. The number of nitrogens with two attached hydrogens (primary N) is 1. The van der Waals surface area contributed by atoms with E-state index in [9.17, 15) is 0 Å². The average molecular weight is 235 g/mol. The number of hydrogen-bond acceptors (Lipinski definition) is 3. The van der Waals surface area contributed by atoms with Gasteiger partial charge in [-0.05, 0) is 12.8 Å². The molecule has 1 fully saturated rings. The molecule has 2 heterocycles. The molecule has 0 spiro atoms. The van der Waals surface area contributed by atoms with E-state index in [2.05, 4.69) is 4.68 Å². The Balaban J connectivity index is 1.88. The summed E-state index contributed by atoms with van der Waals surface area (Å²) in [6, 6.07) is 0.517. The zero-order valence-electron chi connectivity index (χ0n) is 10.3. The summed E-state index contributed by atoms with van der Waals surface area (Å²) in [6.07, 6.45) is 8.72. The van der Waals surface area contributed by atoms with Gasteiger partial charge in [-0.15, -0.1) is 0 Å². The predicted molar refractivity (Wildman–Crippen MR) is 66.7 cm³/mol. The number of hydrogen-bond donors (Lipinski definition) is 1. The lowest BCUT2D eigenvalue weighted by Gasteiger charge is -2.16. The van der Waals surface area contributed by atoms with Crippen LogP contribution in [0.15, 0.2) is 0 Å². The van der Waals surface area contributed by atoms with Crippen molar-refractivity contribution in [1.82, 2.24) is 9.78 Å². The van der Waals surface area contributed by atoms with Crippen molar-refractivity contribution in [2.45, 2.75) is 57.6 Å². The maximum Gasteiger partial charge on any atom is 0.127 e. The second-order valence-electron chi connectivity index (χ2n) is 5.20. The number of rotatable bonds is 1. The molecule has 1 aromatic rings. The van der Waals surface area contributed by atoms with Crippen LogP contribution in [-0.4, -0.2) is 16.4 Å². The number of aromatic nitrogens is 2. The Morgan fingerprint density at radius 3 is 2.65 bits per heavy atom. The molecule has 4 heteroatoms. The number of ether oxygens (including phenoxy) is 1. The topological polar surface area (TPSA) is 53.1 Å². The largest absolute Gasteiger partial charge is 0.384 e. The Bertz CT molecular complexity index is 392. The van der Waals surface area contributed by atoms with Gasteiger partial charge < -0.3 is 10.5 Å². The second kappa shape index (κ2) is 4.69. The molecular formula is C13H21N3O. The fourth-order valence-corrected chi connectivity index (χ4v) is 3.01. The average Bonchev–Trinajstić information content (AvgIpc) is 2.57. The molecular weight excluding hydrogens is 214 g/mol. The standard InChI is InChI=1S/C13H21N3O/c14-13-11-9-17-8-7-12(11)15-16(13)10-5-3-1-2-4-6-10/h10H,1-9,14H2. The fraction of sp³-hybridized carbons (Fsp3) is 0.769. The minimum absolute atomic E-state index is 0.517. The molecule has 1 saturated carbocycles. The molecule has 0 amide bonds. The van der Waals surface area contributed by atoms with Crippen LogP contribution in [0.3, 0.4) is 0 Å². The second-order valence-corrected chi connectivity index (χ2v) is 5.20. The van der Waals surface area contributed by atoms with Crippen LogP contribution in [0.2, 0.25) is 0 Å². The maximum atomic E-state index is 6.23. The van der Waals surface area contributed by atoms with Crippen LogP contribution < -0.4 is 5.73 Å². The van der Waals surface area contributed by atoms with Gasteiger partial charge >= 0.3 is 0 Å². The van der Waals surface area contributed by atoms with E-state index in [0.29, 0.717) is 12.6 Å². The molecule has 17 heavy (non-hydrogen) atoms. The van der Waals surface area contributed by atoms with Crippen molar-refractivity contribution in [1.29, 1.82) is 0 Å². The lowest BCUT2D eigenvalue weighted by atomic mass is 10.1. The summed E-state index contributed by atoms with van der Waals surface area (Å²) in [4.78, 5) is 0. The Labute approximate surface area is 102 Å². The molecule has 1 aliphatic heterocycles. The highest BCUT2D eigenvalue weighted by molar-refractivity contribution is 5.44. The van der Waals surface area contributed by atoms with Gasteiger partial charge in [-0.3, -0.25) is 0 Å². The van der Waals surface area contributed by atoms with Crippen LogP contribution >= 0.6 is 0 Å². The smallest absolute Gasteiger partial charge is 0.127 e. The van der Waals surface area contributed by atoms with Gasteiger partial charge in [0.2, 0.25) is 0 Å². The molecule has 2 aliphatic rings. The van der Waals surface area contributed by atoms with Crippen molar-refractivity contribution in [2.75, 3.05) is 12.3 Å². The third-order valence-electron chi connectivity index (χ3n) is 4.03. The Kier molecular flexibility index (Phi) is 3.05. The predicted octanol–water partition coefficient (Wildman–Crippen LogP) is 2.43. The minimum atomic E-state index is 0.517. The first kappa shape index (κ1) is 11.1. The highest BCUT2D eigenvalue weighted by Crippen LogP contribution is 2.32. The van der Waals surface area contributed by atoms with Gasteiger partial charge in [0.15, 0.2) is 0 Å². The van der Waals surface area contributed by atoms with Crippen LogP contribution in [-0.2, 0) is 17.8 Å². The summed E-state index contributed by atoms with van der Waals surface area (Å²) in [5, 5.41) is 4.73. The molecule has 0 unspecified atom stereocenters. The number of fused-ring (bicyclic) bond motifs is 1. The molecule has 94 valence electrons. The first-order chi connectivity index (χ1) is 8.36. The lowest BCUT2D eigenvalue weighted by molar-refractivity contribution is 0.110. The van der Waals surface area contributed by atoms with Gasteiger partial charge in [-0.2, -0.15) is 5.10 Å². The van der Waals surface area contributed by atoms with Gasteiger partial charge in [-0.1, -0.05) is 25.7 Å². The van der Waals surface area contributed by atoms with Gasteiger partial charge in [0.25, 0.3) is 0 Å². The van der Waals surface area contributed by atoms with E-state index in [1.165, 1.54) is 38.5 Å². The monoisotopic (exact) mass is 235 g/mol. The van der Waals surface area contributed by atoms with Crippen molar-refractivity contribution in [3.8, 4) is 0 Å². The summed E-state index contributed by atoms with van der Waals surface area (Å²) < 4.78 is 7.56. The lowest BCUT2D eigenvalue weighted by Crippen LogP contribution is -2.13. The summed E-state index contributed by atoms with van der Waals surface area (Å²) in [6.45, 7) is 1.43. The van der Waals surface area contributed by atoms with E-state index in [4.69, 9.17) is 15.6 Å². The van der Waals surface area contributed by atoms with Crippen LogP contribution in [0.5, 0.6) is 0 Å². The van der Waals surface area contributed by atoms with Gasteiger partial charge in [-0.25, -0.2) is 4.68 Å². The van der Waals surface area contributed by atoms with E-state index >= 15 is 0 Å². The number of anilines is 1. The van der Waals surface area contributed by atoms with Crippen molar-refractivity contribution in [3.05, 3.63) is 11.3 Å². The van der Waals surface area contributed by atoms with Crippen LogP contribution in [0.25, 0.3) is 0 Å². The van der Waals surface area contributed by atoms with E-state index in [1.54, 1.807) is 0 Å². The molecule has 1 aromatic heterocycles. The van der Waals surface area contributed by atoms with Crippen molar-refractivity contribution < 1.29 is 4.74 Å². The molecule has 0 saturated heterocycles. The summed E-state index contributed by atoms with van der Waals surface area (Å²) >= 11 is 0. The zero-order valence-corrected chi connectivity index (χ0v) is 10.3. The maximum absolute atomic E-state index is 6.23. The quantitative estimate of drug-likeness (QED) is 0.761. The third kappa shape index (κ3) is 2.06. The number of nitrogen functional groups attached to an aromatic ring is 1. The SMILES string of the molecule is Nc1c2c(nn1C1CCCCCC1)CCOC2. The van der Waals surface area contributed by atoms with E-state index < -0.39 is 0 Å². The van der Waals surface area contributed by atoms with E-state index in [-0.39, 0.29) is 0 Å².